The zero-order valence-corrected chi connectivity index (χ0v) is 11.4. The Morgan fingerprint density at radius 1 is 1.17 bits per heavy atom. The van der Waals surface area contributed by atoms with Crippen LogP contribution in [0, 0.1) is 13.0 Å². The fourth-order valence-electron chi connectivity index (χ4n) is 0.342. The van der Waals surface area contributed by atoms with Crippen molar-refractivity contribution in [2.45, 2.75) is 19.8 Å². The second kappa shape index (κ2) is 17.3. The Hall–Kier alpha value is 0.133. The second-order valence-electron chi connectivity index (χ2n) is 1.93. The van der Waals surface area contributed by atoms with E-state index in [0.717, 1.165) is 6.42 Å². The van der Waals surface area contributed by atoms with Crippen molar-refractivity contribution in [1.29, 1.82) is 0 Å². The molecule has 0 atom stereocenters. The van der Waals surface area contributed by atoms with Crippen molar-refractivity contribution in [2.24, 2.45) is 0 Å². The first-order valence-electron chi connectivity index (χ1n) is 3.62. The van der Waals surface area contributed by atoms with Gasteiger partial charge in [0.2, 0.25) is 0 Å². The molecule has 0 N–H and O–H groups in total. The molecule has 0 radical (unpaired) electrons. The molecule has 0 aliphatic rings. The van der Waals surface area contributed by atoms with Crippen LogP contribution in [0.2, 0.25) is 0 Å². The zero-order valence-electron chi connectivity index (χ0n) is 7.62. The van der Waals surface area contributed by atoms with Crippen LogP contribution in [0.15, 0.2) is 30.3 Å². The number of halogens is 1. The Bertz CT molecular complexity index is 102. The third-order valence-corrected chi connectivity index (χ3v) is 0.961. The molecular weight excluding hydrogens is 221 g/mol. The van der Waals surface area contributed by atoms with E-state index in [1.807, 2.05) is 30.3 Å². The Kier molecular flexibility index (Phi) is 26.0. The summed E-state index contributed by atoms with van der Waals surface area (Å²) in [5.41, 5.74) is 0. The summed E-state index contributed by atoms with van der Waals surface area (Å²) in [6.45, 7) is 5.72. The van der Waals surface area contributed by atoms with Crippen LogP contribution >= 0.6 is 12.4 Å². The van der Waals surface area contributed by atoms with Crippen molar-refractivity contribution >= 4 is 12.4 Å². The number of rotatable bonds is 1. The molecule has 1 aromatic rings. The molecule has 0 aliphatic carbocycles. The van der Waals surface area contributed by atoms with E-state index in [0.29, 0.717) is 0 Å². The Morgan fingerprint density at radius 3 is 1.67 bits per heavy atom. The van der Waals surface area contributed by atoms with Gasteiger partial charge in [-0.1, -0.05) is 13.3 Å². The predicted molar refractivity (Wildman–Crippen MR) is 52.8 cm³/mol. The van der Waals surface area contributed by atoms with Crippen LogP contribution in [0.3, 0.4) is 0 Å². The maximum atomic E-state index is 3.60. The van der Waals surface area contributed by atoms with E-state index in [9.17, 15) is 0 Å². The third-order valence-electron chi connectivity index (χ3n) is 0.961. The van der Waals surface area contributed by atoms with Crippen molar-refractivity contribution < 1.29 is 19.5 Å². The largest absolute Gasteiger partial charge is 2.00 e. The maximum absolute atomic E-state index is 3.60. The van der Waals surface area contributed by atoms with E-state index >= 15 is 0 Å². The first kappa shape index (κ1) is 18.0. The van der Waals surface area contributed by atoms with Crippen LogP contribution in [0.25, 0.3) is 0 Å². The number of benzene rings is 1. The molecule has 0 heterocycles. The Labute approximate surface area is 94.9 Å². The number of hydrogen-bond donors (Lipinski definition) is 0. The summed E-state index contributed by atoms with van der Waals surface area (Å²) in [5, 5.41) is 0. The standard InChI is InChI=1S/C6H5.C4H9.ClH.Zn/c1-2-4-6-5-3-1;1-3-4-2;;/h1-5H;1,3-4H2,2H3;1H;/q2*-1;;+2. The number of unbranched alkanes of at least 4 members (excludes halogenated alkanes) is 1. The van der Waals surface area contributed by atoms with Gasteiger partial charge in [0.05, 0.1) is 0 Å². The molecule has 12 heavy (non-hydrogen) atoms. The monoisotopic (exact) mass is 234 g/mol. The predicted octanol–water partition coefficient (Wildman–Crippen LogP) is 3.53. The van der Waals surface area contributed by atoms with Crippen LogP contribution in [0.4, 0.5) is 0 Å². The van der Waals surface area contributed by atoms with Gasteiger partial charge < -0.3 is 6.92 Å². The molecule has 0 aromatic heterocycles. The van der Waals surface area contributed by atoms with Gasteiger partial charge in [-0.3, -0.25) is 0 Å². The quantitative estimate of drug-likeness (QED) is 0.516. The molecule has 0 bridgehead atoms. The average Bonchev–Trinajstić information content (AvgIpc) is 2.08. The minimum atomic E-state index is 0. The summed E-state index contributed by atoms with van der Waals surface area (Å²) < 4.78 is 0. The van der Waals surface area contributed by atoms with Gasteiger partial charge in [-0.25, -0.2) is 0 Å². The summed E-state index contributed by atoms with van der Waals surface area (Å²) in [6.07, 6.45) is 2.28. The van der Waals surface area contributed by atoms with Crippen molar-refractivity contribution in [1.82, 2.24) is 0 Å². The minimum absolute atomic E-state index is 0. The molecule has 0 amide bonds. The molecule has 0 fully saturated rings. The summed E-state index contributed by atoms with van der Waals surface area (Å²) >= 11 is 0. The molecule has 1 aromatic carbocycles. The summed E-state index contributed by atoms with van der Waals surface area (Å²) in [7, 11) is 0. The summed E-state index contributed by atoms with van der Waals surface area (Å²) in [6, 6.07) is 12.5. The molecule has 0 spiro atoms. The van der Waals surface area contributed by atoms with Crippen LogP contribution in [0.5, 0.6) is 0 Å². The van der Waals surface area contributed by atoms with Crippen molar-refractivity contribution in [3.8, 4) is 0 Å². The van der Waals surface area contributed by atoms with Gasteiger partial charge in [0, 0.05) is 0 Å². The molecule has 0 nitrogen and oxygen atoms in total. The Balaban J connectivity index is -0.000000124. The van der Waals surface area contributed by atoms with E-state index in [1.165, 1.54) is 6.42 Å². The van der Waals surface area contributed by atoms with Crippen molar-refractivity contribution in [2.75, 3.05) is 0 Å². The topological polar surface area (TPSA) is 0 Å². The van der Waals surface area contributed by atoms with Crippen LogP contribution < -0.4 is 0 Å². The minimum Gasteiger partial charge on any atom is -0.343 e. The molecule has 0 aliphatic heterocycles. The molecule has 0 saturated carbocycles. The first-order chi connectivity index (χ1) is 4.91. The van der Waals surface area contributed by atoms with Crippen LogP contribution in [-0.4, -0.2) is 0 Å². The molecule has 0 saturated heterocycles. The maximum Gasteiger partial charge on any atom is 2.00 e. The average molecular weight is 236 g/mol. The van der Waals surface area contributed by atoms with Crippen LogP contribution in [0.1, 0.15) is 19.8 Å². The van der Waals surface area contributed by atoms with Crippen molar-refractivity contribution in [3.05, 3.63) is 43.3 Å². The van der Waals surface area contributed by atoms with Gasteiger partial charge in [-0.2, -0.15) is 42.8 Å². The fraction of sp³-hybridized carbons (Fsp3) is 0.300. The normalized spacial score (nSPS) is 6.50. The second-order valence-corrected chi connectivity index (χ2v) is 1.93. The van der Waals surface area contributed by atoms with Gasteiger partial charge in [-0.05, 0) is 0 Å². The molecule has 0 unspecified atom stereocenters. The third kappa shape index (κ3) is 16.6. The van der Waals surface area contributed by atoms with E-state index < -0.39 is 0 Å². The van der Waals surface area contributed by atoms with E-state index in [-0.39, 0.29) is 31.9 Å². The van der Waals surface area contributed by atoms with Crippen molar-refractivity contribution in [3.63, 3.8) is 0 Å². The van der Waals surface area contributed by atoms with Gasteiger partial charge in [0.1, 0.15) is 0 Å². The number of hydrogen-bond acceptors (Lipinski definition) is 0. The van der Waals surface area contributed by atoms with Gasteiger partial charge in [0.25, 0.3) is 0 Å². The van der Waals surface area contributed by atoms with E-state index in [4.69, 9.17) is 0 Å². The molecule has 2 heteroatoms. The SMILES string of the molecule is Cl.[CH2-]CCC.[Zn+2].[c-]1ccccc1. The smallest absolute Gasteiger partial charge is 0.343 e. The van der Waals surface area contributed by atoms with Gasteiger partial charge in [-0.15, -0.1) is 12.4 Å². The van der Waals surface area contributed by atoms with Gasteiger partial charge in [0.15, 0.2) is 0 Å². The molecule has 64 valence electrons. The fourth-order valence-corrected chi connectivity index (χ4v) is 0.342. The summed E-state index contributed by atoms with van der Waals surface area (Å²) in [4.78, 5) is 0. The molecule has 1 rings (SSSR count). The van der Waals surface area contributed by atoms with Gasteiger partial charge >= 0.3 is 19.5 Å². The Morgan fingerprint density at radius 2 is 1.58 bits per heavy atom. The van der Waals surface area contributed by atoms with E-state index in [1.54, 1.807) is 0 Å². The first-order valence-corrected chi connectivity index (χ1v) is 3.62. The van der Waals surface area contributed by atoms with E-state index in [2.05, 4.69) is 19.9 Å². The summed E-state index contributed by atoms with van der Waals surface area (Å²) in [5.74, 6) is 0. The molecular formula is C10H15ClZn. The van der Waals surface area contributed by atoms with Crippen LogP contribution in [-0.2, 0) is 19.5 Å². The zero-order chi connectivity index (χ0) is 7.66.